The van der Waals surface area contributed by atoms with E-state index in [1.165, 1.54) is 11.1 Å². The van der Waals surface area contributed by atoms with E-state index in [9.17, 15) is 4.79 Å². The number of aromatic nitrogens is 3. The Morgan fingerprint density at radius 3 is 2.92 bits per heavy atom. The molecule has 2 aliphatic rings. The lowest BCUT2D eigenvalue weighted by atomic mass is 9.79. The Labute approximate surface area is 158 Å². The summed E-state index contributed by atoms with van der Waals surface area (Å²) < 4.78 is 2.13. The van der Waals surface area contributed by atoms with Crippen LogP contribution in [0, 0.1) is 0 Å². The average molecular weight is 374 g/mol. The fraction of sp³-hybridized carbons (Fsp3) is 0.526. The number of carbonyl (C=O) groups excluding carboxylic acids is 1. The molecule has 1 aliphatic heterocycles. The largest absolute Gasteiger partial charge is 0.354 e. The summed E-state index contributed by atoms with van der Waals surface area (Å²) in [4.78, 5) is 13.5. The van der Waals surface area contributed by atoms with Gasteiger partial charge in [0.15, 0.2) is 0 Å². The molecule has 1 amide bonds. The number of halogens is 1. The van der Waals surface area contributed by atoms with Crippen molar-refractivity contribution in [3.8, 4) is 0 Å². The molecule has 1 saturated carbocycles. The molecule has 1 aromatic heterocycles. The normalized spacial score (nSPS) is 22.6. The molecule has 138 valence electrons. The van der Waals surface area contributed by atoms with E-state index in [0.29, 0.717) is 5.92 Å². The van der Waals surface area contributed by atoms with E-state index >= 15 is 0 Å². The molecule has 0 unspecified atom stereocenters. The van der Waals surface area contributed by atoms with Gasteiger partial charge in [-0.25, -0.2) is 0 Å². The van der Waals surface area contributed by atoms with Gasteiger partial charge in [-0.2, -0.15) is 0 Å². The van der Waals surface area contributed by atoms with Crippen LogP contribution < -0.4 is 5.32 Å². The van der Waals surface area contributed by atoms with E-state index in [4.69, 9.17) is 11.6 Å². The van der Waals surface area contributed by atoms with Crippen LogP contribution in [0.1, 0.15) is 48.5 Å². The molecule has 0 radical (unpaired) electrons. The van der Waals surface area contributed by atoms with Gasteiger partial charge in [0.2, 0.25) is 5.91 Å². The molecule has 4 rings (SSSR count). The number of rotatable bonds is 4. The van der Waals surface area contributed by atoms with Crippen molar-refractivity contribution in [2.45, 2.75) is 51.2 Å². The number of fused-ring (bicyclic) bond motifs is 1. The quantitative estimate of drug-likeness (QED) is 0.893. The lowest BCUT2D eigenvalue weighted by Gasteiger charge is -2.34. The Balaban J connectivity index is 1.40. The third-order valence-corrected chi connectivity index (χ3v) is 5.92. The SMILES string of the molecule is CC(=O)NC1CC(c2nnc(CN3CCc4c(Cl)cccc4C3)n2C)C1. The highest BCUT2D eigenvalue weighted by molar-refractivity contribution is 6.31. The van der Waals surface area contributed by atoms with Gasteiger partial charge in [0, 0.05) is 44.0 Å². The summed E-state index contributed by atoms with van der Waals surface area (Å²) in [5.74, 6) is 2.45. The van der Waals surface area contributed by atoms with Crippen LogP contribution in [0.15, 0.2) is 18.2 Å². The van der Waals surface area contributed by atoms with E-state index in [1.54, 1.807) is 6.92 Å². The molecule has 1 fully saturated rings. The van der Waals surface area contributed by atoms with E-state index in [1.807, 2.05) is 19.2 Å². The lowest BCUT2D eigenvalue weighted by molar-refractivity contribution is -0.120. The average Bonchev–Trinajstić information content (AvgIpc) is 2.91. The smallest absolute Gasteiger partial charge is 0.217 e. The van der Waals surface area contributed by atoms with Gasteiger partial charge < -0.3 is 9.88 Å². The highest BCUT2D eigenvalue weighted by Crippen LogP contribution is 2.36. The highest BCUT2D eigenvalue weighted by Gasteiger charge is 2.34. The number of nitrogens with zero attached hydrogens (tertiary/aromatic N) is 4. The van der Waals surface area contributed by atoms with Crippen LogP contribution in [0.25, 0.3) is 0 Å². The Morgan fingerprint density at radius 2 is 2.15 bits per heavy atom. The van der Waals surface area contributed by atoms with Gasteiger partial charge in [0.25, 0.3) is 0 Å². The van der Waals surface area contributed by atoms with Gasteiger partial charge in [-0.05, 0) is 36.5 Å². The molecule has 1 aromatic carbocycles. The Hall–Kier alpha value is -1.92. The monoisotopic (exact) mass is 373 g/mol. The molecule has 0 spiro atoms. The third-order valence-electron chi connectivity index (χ3n) is 5.56. The molecule has 1 N–H and O–H groups in total. The van der Waals surface area contributed by atoms with Crippen molar-refractivity contribution in [2.75, 3.05) is 6.54 Å². The van der Waals surface area contributed by atoms with E-state index in [2.05, 4.69) is 31.0 Å². The zero-order chi connectivity index (χ0) is 18.3. The minimum absolute atomic E-state index is 0.0394. The minimum Gasteiger partial charge on any atom is -0.354 e. The zero-order valence-corrected chi connectivity index (χ0v) is 16.0. The summed E-state index contributed by atoms with van der Waals surface area (Å²) in [6.07, 6.45) is 2.86. The van der Waals surface area contributed by atoms with Crippen LogP contribution in [-0.4, -0.2) is 38.2 Å². The van der Waals surface area contributed by atoms with Gasteiger partial charge >= 0.3 is 0 Å². The molecule has 26 heavy (non-hydrogen) atoms. The fourth-order valence-corrected chi connectivity index (χ4v) is 4.35. The van der Waals surface area contributed by atoms with Gasteiger partial charge in [-0.1, -0.05) is 23.7 Å². The molecule has 1 aliphatic carbocycles. The first-order chi connectivity index (χ1) is 12.5. The molecular formula is C19H24ClN5O. The van der Waals surface area contributed by atoms with E-state index in [-0.39, 0.29) is 11.9 Å². The fourth-order valence-electron chi connectivity index (χ4n) is 4.06. The number of amides is 1. The molecule has 0 saturated heterocycles. The maximum absolute atomic E-state index is 11.1. The van der Waals surface area contributed by atoms with Gasteiger partial charge in [0.05, 0.1) is 6.54 Å². The maximum atomic E-state index is 11.1. The molecule has 0 bridgehead atoms. The topological polar surface area (TPSA) is 63.1 Å². The van der Waals surface area contributed by atoms with Crippen LogP contribution in [-0.2, 0) is 31.4 Å². The highest BCUT2D eigenvalue weighted by atomic mass is 35.5. The maximum Gasteiger partial charge on any atom is 0.217 e. The van der Waals surface area contributed by atoms with Crippen molar-refractivity contribution >= 4 is 17.5 Å². The summed E-state index contributed by atoms with van der Waals surface area (Å²) >= 11 is 6.31. The summed E-state index contributed by atoms with van der Waals surface area (Å²) in [6.45, 7) is 4.23. The number of benzene rings is 1. The molecule has 6 nitrogen and oxygen atoms in total. The van der Waals surface area contributed by atoms with Crippen LogP contribution >= 0.6 is 11.6 Å². The number of nitrogens with one attached hydrogen (secondary N) is 1. The van der Waals surface area contributed by atoms with Crippen molar-refractivity contribution in [3.63, 3.8) is 0 Å². The Morgan fingerprint density at radius 1 is 1.35 bits per heavy atom. The molecular weight excluding hydrogens is 350 g/mol. The van der Waals surface area contributed by atoms with Crippen molar-refractivity contribution < 1.29 is 4.79 Å². The predicted octanol–water partition coefficient (Wildman–Crippen LogP) is 2.41. The number of hydrogen-bond donors (Lipinski definition) is 1. The summed E-state index contributed by atoms with van der Waals surface area (Å²) in [7, 11) is 2.05. The first-order valence-electron chi connectivity index (χ1n) is 9.15. The van der Waals surface area contributed by atoms with Gasteiger partial charge in [0.1, 0.15) is 11.6 Å². The van der Waals surface area contributed by atoms with Gasteiger partial charge in [-0.3, -0.25) is 9.69 Å². The summed E-state index contributed by atoms with van der Waals surface area (Å²) in [5, 5.41) is 12.7. The van der Waals surface area contributed by atoms with Crippen LogP contribution in [0.4, 0.5) is 0 Å². The standard InChI is InChI=1S/C19H24ClN5O/c1-12(26)21-15-8-14(9-15)19-23-22-18(24(19)2)11-25-7-6-16-13(10-25)4-3-5-17(16)20/h3-5,14-15H,6-11H2,1-2H3,(H,21,26). The third kappa shape index (κ3) is 3.35. The second-order valence-electron chi connectivity index (χ2n) is 7.44. The van der Waals surface area contributed by atoms with E-state index < -0.39 is 0 Å². The number of hydrogen-bond acceptors (Lipinski definition) is 4. The van der Waals surface area contributed by atoms with Gasteiger partial charge in [-0.15, -0.1) is 10.2 Å². The first-order valence-corrected chi connectivity index (χ1v) is 9.53. The van der Waals surface area contributed by atoms with Crippen molar-refractivity contribution in [1.82, 2.24) is 25.0 Å². The number of carbonyl (C=O) groups is 1. The predicted molar refractivity (Wildman–Crippen MR) is 99.9 cm³/mol. The summed E-state index contributed by atoms with van der Waals surface area (Å²) in [5.41, 5.74) is 2.59. The molecule has 7 heteroatoms. The van der Waals surface area contributed by atoms with Crippen molar-refractivity contribution in [2.24, 2.45) is 7.05 Å². The molecule has 0 atom stereocenters. The Kier molecular flexibility index (Phi) is 4.71. The van der Waals surface area contributed by atoms with Crippen LogP contribution in [0.3, 0.4) is 0 Å². The first kappa shape index (κ1) is 17.5. The molecule has 2 heterocycles. The van der Waals surface area contributed by atoms with Crippen LogP contribution in [0.5, 0.6) is 0 Å². The lowest BCUT2D eigenvalue weighted by Crippen LogP contribution is -2.43. The zero-order valence-electron chi connectivity index (χ0n) is 15.2. The second kappa shape index (κ2) is 7.00. The second-order valence-corrected chi connectivity index (χ2v) is 7.84. The minimum atomic E-state index is 0.0394. The Bertz CT molecular complexity index is 827. The van der Waals surface area contributed by atoms with Crippen molar-refractivity contribution in [3.05, 3.63) is 46.0 Å². The summed E-state index contributed by atoms with van der Waals surface area (Å²) in [6, 6.07) is 6.43. The van der Waals surface area contributed by atoms with E-state index in [0.717, 1.165) is 55.6 Å². The van der Waals surface area contributed by atoms with Crippen LogP contribution in [0.2, 0.25) is 5.02 Å². The molecule has 2 aromatic rings. The van der Waals surface area contributed by atoms with Crippen molar-refractivity contribution in [1.29, 1.82) is 0 Å².